The van der Waals surface area contributed by atoms with Crippen molar-refractivity contribution in [1.29, 1.82) is 0 Å². The van der Waals surface area contributed by atoms with Gasteiger partial charge >= 0.3 is 0 Å². The van der Waals surface area contributed by atoms with Crippen LogP contribution < -0.4 is 11.1 Å². The number of nitrogens with two attached hydrogens (primary N) is 1. The summed E-state index contributed by atoms with van der Waals surface area (Å²) in [5.41, 5.74) is 8.58. The number of benzene rings is 1. The van der Waals surface area contributed by atoms with Crippen molar-refractivity contribution in [2.45, 2.75) is 6.04 Å². The average molecular weight is 344 g/mol. The molecule has 1 atom stereocenters. The highest BCUT2D eigenvalue weighted by molar-refractivity contribution is 9.10. The predicted molar refractivity (Wildman–Crippen MR) is 86.9 cm³/mol. The summed E-state index contributed by atoms with van der Waals surface area (Å²) in [6, 6.07) is 9.83. The third-order valence-corrected chi connectivity index (χ3v) is 3.64. The highest BCUT2D eigenvalue weighted by Gasteiger charge is 2.12. The Morgan fingerprint density at radius 3 is 2.90 bits per heavy atom. The Morgan fingerprint density at radius 1 is 1.24 bits per heavy atom. The molecule has 5 nitrogen and oxygen atoms in total. The molecular formula is C15H14BrN5. The summed E-state index contributed by atoms with van der Waals surface area (Å²) in [6.45, 7) is 0.434. The van der Waals surface area contributed by atoms with Crippen molar-refractivity contribution in [2.24, 2.45) is 5.73 Å². The maximum atomic E-state index is 5.87. The zero-order chi connectivity index (χ0) is 14.7. The van der Waals surface area contributed by atoms with Gasteiger partial charge in [0.15, 0.2) is 0 Å². The predicted octanol–water partition coefficient (Wildman–Crippen LogP) is 2.90. The number of nitrogens with one attached hydrogen (secondary N) is 1. The topological polar surface area (TPSA) is 76.7 Å². The van der Waals surface area contributed by atoms with Crippen LogP contribution in [0.5, 0.6) is 0 Å². The van der Waals surface area contributed by atoms with Crippen LogP contribution in [-0.2, 0) is 0 Å². The minimum atomic E-state index is -0.0796. The minimum absolute atomic E-state index is 0.0796. The van der Waals surface area contributed by atoms with Crippen molar-refractivity contribution >= 4 is 32.5 Å². The first-order valence-corrected chi connectivity index (χ1v) is 7.34. The zero-order valence-corrected chi connectivity index (χ0v) is 12.8. The number of rotatable bonds is 4. The molecule has 2 aromatic heterocycles. The molecule has 0 saturated heterocycles. The van der Waals surface area contributed by atoms with Gasteiger partial charge in [0.2, 0.25) is 0 Å². The Morgan fingerprint density at radius 2 is 2.14 bits per heavy atom. The third-order valence-electron chi connectivity index (χ3n) is 3.20. The van der Waals surface area contributed by atoms with Crippen LogP contribution >= 0.6 is 15.9 Å². The van der Waals surface area contributed by atoms with Gasteiger partial charge in [-0.3, -0.25) is 4.98 Å². The molecule has 0 aliphatic rings. The average Bonchev–Trinajstić information content (AvgIpc) is 2.53. The molecule has 1 unspecified atom stereocenters. The molecule has 0 spiro atoms. The number of fused-ring (bicyclic) bond motifs is 1. The molecular weight excluding hydrogens is 330 g/mol. The van der Waals surface area contributed by atoms with E-state index in [9.17, 15) is 0 Å². The molecule has 0 saturated carbocycles. The van der Waals surface area contributed by atoms with Crippen LogP contribution in [0.15, 0.2) is 53.5 Å². The van der Waals surface area contributed by atoms with E-state index in [0.717, 1.165) is 26.8 Å². The first-order chi connectivity index (χ1) is 10.3. The lowest BCUT2D eigenvalue weighted by Gasteiger charge is -2.18. The van der Waals surface area contributed by atoms with Gasteiger partial charge < -0.3 is 11.1 Å². The second-order valence-electron chi connectivity index (χ2n) is 4.60. The van der Waals surface area contributed by atoms with Crippen LogP contribution in [0.3, 0.4) is 0 Å². The van der Waals surface area contributed by atoms with E-state index in [2.05, 4.69) is 36.2 Å². The van der Waals surface area contributed by atoms with Gasteiger partial charge in [0, 0.05) is 28.8 Å². The van der Waals surface area contributed by atoms with Crippen molar-refractivity contribution in [3.05, 3.63) is 59.2 Å². The Bertz CT molecular complexity index is 747. The third kappa shape index (κ3) is 3.01. The van der Waals surface area contributed by atoms with Crippen LogP contribution in [0.1, 0.15) is 11.7 Å². The SMILES string of the molecule is NCC(Nc1cccc2cc(Br)cnc12)c1ccncn1. The number of pyridine rings is 1. The molecule has 0 aliphatic heterocycles. The van der Waals surface area contributed by atoms with E-state index in [0.29, 0.717) is 6.54 Å². The van der Waals surface area contributed by atoms with Gasteiger partial charge in [-0.15, -0.1) is 0 Å². The molecule has 0 bridgehead atoms. The Labute approximate surface area is 130 Å². The Balaban J connectivity index is 1.97. The molecule has 0 radical (unpaired) electrons. The molecule has 0 amide bonds. The summed E-state index contributed by atoms with van der Waals surface area (Å²) in [5.74, 6) is 0. The molecule has 3 N–H and O–H groups in total. The van der Waals surface area contributed by atoms with Crippen LogP contribution in [-0.4, -0.2) is 21.5 Å². The minimum Gasteiger partial charge on any atom is -0.374 e. The molecule has 1 aromatic carbocycles. The summed E-state index contributed by atoms with van der Waals surface area (Å²) in [7, 11) is 0. The van der Waals surface area contributed by atoms with Crippen LogP contribution in [0, 0.1) is 0 Å². The normalized spacial score (nSPS) is 12.3. The van der Waals surface area contributed by atoms with Gasteiger partial charge in [-0.2, -0.15) is 0 Å². The Kier molecular flexibility index (Phi) is 4.08. The fourth-order valence-corrected chi connectivity index (χ4v) is 2.55. The molecule has 0 fully saturated rings. The van der Waals surface area contributed by atoms with Gasteiger partial charge in [0.05, 0.1) is 22.9 Å². The quantitative estimate of drug-likeness (QED) is 0.761. The van der Waals surface area contributed by atoms with Crippen molar-refractivity contribution < 1.29 is 0 Å². The first-order valence-electron chi connectivity index (χ1n) is 6.54. The molecule has 3 aromatic rings. The van der Waals surface area contributed by atoms with E-state index >= 15 is 0 Å². The molecule has 106 valence electrons. The maximum absolute atomic E-state index is 5.87. The fourth-order valence-electron chi connectivity index (χ4n) is 2.20. The highest BCUT2D eigenvalue weighted by atomic mass is 79.9. The lowest BCUT2D eigenvalue weighted by atomic mass is 10.1. The van der Waals surface area contributed by atoms with Gasteiger partial charge in [-0.1, -0.05) is 12.1 Å². The fraction of sp³-hybridized carbons (Fsp3) is 0.133. The van der Waals surface area contributed by atoms with Crippen molar-refractivity contribution in [1.82, 2.24) is 15.0 Å². The number of halogens is 1. The number of hydrogen-bond acceptors (Lipinski definition) is 5. The molecule has 0 aliphatic carbocycles. The van der Waals surface area contributed by atoms with Crippen molar-refractivity contribution in [3.8, 4) is 0 Å². The number of aromatic nitrogens is 3. The van der Waals surface area contributed by atoms with Crippen molar-refractivity contribution in [3.63, 3.8) is 0 Å². The number of anilines is 1. The van der Waals surface area contributed by atoms with E-state index < -0.39 is 0 Å². The van der Waals surface area contributed by atoms with Gasteiger partial charge in [-0.05, 0) is 34.1 Å². The number of nitrogens with zero attached hydrogens (tertiary/aromatic N) is 3. The van der Waals surface area contributed by atoms with Gasteiger partial charge in [0.25, 0.3) is 0 Å². The first kappa shape index (κ1) is 13.9. The lowest BCUT2D eigenvalue weighted by Crippen LogP contribution is -2.21. The number of para-hydroxylation sites is 1. The van der Waals surface area contributed by atoms with E-state index in [1.54, 1.807) is 12.4 Å². The van der Waals surface area contributed by atoms with Crippen LogP contribution in [0.2, 0.25) is 0 Å². The summed E-state index contributed by atoms with van der Waals surface area (Å²) in [4.78, 5) is 12.7. The standard InChI is InChI=1S/C15H14BrN5/c16-11-6-10-2-1-3-13(15(10)19-8-11)21-14(7-17)12-4-5-18-9-20-12/h1-6,8-9,14,21H,7,17H2. The Hall–Kier alpha value is -2.05. The molecule has 21 heavy (non-hydrogen) atoms. The second-order valence-corrected chi connectivity index (χ2v) is 5.51. The van der Waals surface area contributed by atoms with E-state index in [4.69, 9.17) is 5.73 Å². The lowest BCUT2D eigenvalue weighted by molar-refractivity contribution is 0.756. The summed E-state index contributed by atoms with van der Waals surface area (Å²) in [6.07, 6.45) is 5.03. The van der Waals surface area contributed by atoms with Crippen LogP contribution in [0.25, 0.3) is 10.9 Å². The van der Waals surface area contributed by atoms with Gasteiger partial charge in [0.1, 0.15) is 6.33 Å². The zero-order valence-electron chi connectivity index (χ0n) is 11.2. The smallest absolute Gasteiger partial charge is 0.115 e. The second kappa shape index (κ2) is 6.15. The van der Waals surface area contributed by atoms with Gasteiger partial charge in [-0.25, -0.2) is 9.97 Å². The summed E-state index contributed by atoms with van der Waals surface area (Å²) < 4.78 is 0.957. The largest absolute Gasteiger partial charge is 0.374 e. The van der Waals surface area contributed by atoms with Crippen molar-refractivity contribution in [2.75, 3.05) is 11.9 Å². The molecule has 3 rings (SSSR count). The maximum Gasteiger partial charge on any atom is 0.115 e. The van der Waals surface area contributed by atoms with Crippen LogP contribution in [0.4, 0.5) is 5.69 Å². The van der Waals surface area contributed by atoms with E-state index in [1.807, 2.05) is 30.3 Å². The summed E-state index contributed by atoms with van der Waals surface area (Å²) >= 11 is 3.44. The monoisotopic (exact) mass is 343 g/mol. The van der Waals surface area contributed by atoms with E-state index in [1.165, 1.54) is 6.33 Å². The summed E-state index contributed by atoms with van der Waals surface area (Å²) in [5, 5.41) is 4.48. The molecule has 2 heterocycles. The number of hydrogen-bond donors (Lipinski definition) is 2. The molecule has 6 heteroatoms. The van der Waals surface area contributed by atoms with E-state index in [-0.39, 0.29) is 6.04 Å². The highest BCUT2D eigenvalue weighted by Crippen LogP contribution is 2.26.